The number of carboxylic acid groups (broad SMARTS) is 1. The quantitative estimate of drug-likeness (QED) is 0.547. The fraction of sp³-hybridized carbons (Fsp3) is 0.250. The van der Waals surface area contributed by atoms with Gasteiger partial charge >= 0.3 is 12.0 Å². The molecule has 3 amide bonds. The molecule has 1 aromatic carbocycles. The van der Waals surface area contributed by atoms with Crippen LogP contribution >= 0.6 is 0 Å². The van der Waals surface area contributed by atoms with Crippen LogP contribution in [0, 0.1) is 0 Å². The fourth-order valence-electron chi connectivity index (χ4n) is 1.33. The lowest BCUT2D eigenvalue weighted by Gasteiger charge is -2.04. The molecular formula is C12H15N3O4. The van der Waals surface area contributed by atoms with Crippen LogP contribution in [0.5, 0.6) is 0 Å². The predicted molar refractivity (Wildman–Crippen MR) is 67.3 cm³/mol. The number of carbonyl (C=O) groups is 3. The molecule has 0 saturated carbocycles. The van der Waals surface area contributed by atoms with Gasteiger partial charge in [-0.3, -0.25) is 14.9 Å². The van der Waals surface area contributed by atoms with E-state index in [0.717, 1.165) is 5.56 Å². The maximum atomic E-state index is 10.4. The van der Waals surface area contributed by atoms with Gasteiger partial charge in [-0.1, -0.05) is 30.3 Å². The molecule has 1 fully saturated rings. The Hall–Kier alpha value is -2.41. The zero-order chi connectivity index (χ0) is 14.3. The summed E-state index contributed by atoms with van der Waals surface area (Å²) < 4.78 is 0. The number of benzene rings is 1. The van der Waals surface area contributed by atoms with Gasteiger partial charge in [-0.25, -0.2) is 4.79 Å². The molecule has 102 valence electrons. The molecule has 0 aliphatic carbocycles. The van der Waals surface area contributed by atoms with E-state index in [4.69, 9.17) is 10.8 Å². The van der Waals surface area contributed by atoms with Gasteiger partial charge in [0.2, 0.25) is 5.91 Å². The van der Waals surface area contributed by atoms with Gasteiger partial charge in [0.1, 0.15) is 6.04 Å². The first kappa shape index (κ1) is 14.7. The number of rotatable bonds is 3. The van der Waals surface area contributed by atoms with Crippen molar-refractivity contribution in [2.75, 3.05) is 6.54 Å². The van der Waals surface area contributed by atoms with Gasteiger partial charge in [0, 0.05) is 0 Å². The molecule has 1 atom stereocenters. The number of aliphatic carboxylic acids is 1. The Kier molecular flexibility index (Phi) is 5.49. The molecule has 1 saturated heterocycles. The van der Waals surface area contributed by atoms with Crippen LogP contribution in [0.1, 0.15) is 5.56 Å². The summed E-state index contributed by atoms with van der Waals surface area (Å²) in [7, 11) is 0. The maximum Gasteiger partial charge on any atom is 0.321 e. The number of nitrogens with one attached hydrogen (secondary N) is 2. The number of hydrogen-bond acceptors (Lipinski definition) is 4. The number of urea groups is 1. The first-order chi connectivity index (χ1) is 8.99. The summed E-state index contributed by atoms with van der Waals surface area (Å²) in [5, 5.41) is 12.8. The molecule has 0 bridgehead atoms. The standard InChI is InChI=1S/C9H11NO2.C3H4N2O2/c10-8(9(11)12)6-7-4-2-1-3-5-7;6-2-1-4-3(7)5-2/h1-5,8H,6,10H2,(H,11,12);1H2,(H2,4,5,6,7)/t8-;/m0./s1. The highest BCUT2D eigenvalue weighted by Gasteiger charge is 2.14. The van der Waals surface area contributed by atoms with Crippen molar-refractivity contribution in [3.05, 3.63) is 35.9 Å². The smallest absolute Gasteiger partial charge is 0.321 e. The van der Waals surface area contributed by atoms with E-state index in [1.54, 1.807) is 0 Å². The lowest BCUT2D eigenvalue weighted by molar-refractivity contribution is -0.138. The minimum Gasteiger partial charge on any atom is -0.480 e. The van der Waals surface area contributed by atoms with E-state index >= 15 is 0 Å². The fourth-order valence-corrected chi connectivity index (χ4v) is 1.33. The van der Waals surface area contributed by atoms with E-state index in [-0.39, 0.29) is 12.5 Å². The van der Waals surface area contributed by atoms with Gasteiger partial charge in [-0.15, -0.1) is 0 Å². The molecule has 7 nitrogen and oxygen atoms in total. The third-order valence-corrected chi connectivity index (χ3v) is 2.28. The molecule has 1 aromatic rings. The van der Waals surface area contributed by atoms with Crippen LogP contribution in [0.3, 0.4) is 0 Å². The van der Waals surface area contributed by atoms with E-state index in [2.05, 4.69) is 5.32 Å². The number of carbonyl (C=O) groups excluding carboxylic acids is 2. The van der Waals surface area contributed by atoms with Gasteiger partial charge in [-0.2, -0.15) is 0 Å². The van der Waals surface area contributed by atoms with E-state index < -0.39 is 18.0 Å². The lowest BCUT2D eigenvalue weighted by Crippen LogP contribution is -2.32. The highest BCUT2D eigenvalue weighted by atomic mass is 16.4. The first-order valence-electron chi connectivity index (χ1n) is 5.59. The van der Waals surface area contributed by atoms with Gasteiger partial charge in [0.25, 0.3) is 0 Å². The van der Waals surface area contributed by atoms with Crippen LogP contribution in [-0.2, 0) is 16.0 Å². The first-order valence-corrected chi connectivity index (χ1v) is 5.59. The molecule has 1 aliphatic heterocycles. The average molecular weight is 265 g/mol. The summed E-state index contributed by atoms with van der Waals surface area (Å²) in [5.41, 5.74) is 6.30. The Morgan fingerprint density at radius 3 is 2.32 bits per heavy atom. The molecule has 5 N–H and O–H groups in total. The van der Waals surface area contributed by atoms with Gasteiger partial charge in [0.15, 0.2) is 0 Å². The average Bonchev–Trinajstić information content (AvgIpc) is 2.75. The number of carboxylic acids is 1. The van der Waals surface area contributed by atoms with Crippen LogP contribution in [0.15, 0.2) is 30.3 Å². The molecule has 0 spiro atoms. The van der Waals surface area contributed by atoms with E-state index in [1.807, 2.05) is 35.6 Å². The normalized spacial score (nSPS) is 14.8. The zero-order valence-electron chi connectivity index (χ0n) is 10.1. The van der Waals surface area contributed by atoms with Crippen molar-refractivity contribution in [3.63, 3.8) is 0 Å². The summed E-state index contributed by atoms with van der Waals surface area (Å²) in [6.07, 6.45) is 0.385. The van der Waals surface area contributed by atoms with Crippen LogP contribution in [0.2, 0.25) is 0 Å². The predicted octanol–water partition coefficient (Wildman–Crippen LogP) is -0.533. The second kappa shape index (κ2) is 7.12. The van der Waals surface area contributed by atoms with Crippen LogP contribution in [-0.4, -0.2) is 35.6 Å². The van der Waals surface area contributed by atoms with E-state index in [9.17, 15) is 14.4 Å². The Morgan fingerprint density at radius 2 is 1.95 bits per heavy atom. The number of amides is 3. The summed E-state index contributed by atoms with van der Waals surface area (Å²) >= 11 is 0. The molecule has 7 heteroatoms. The maximum absolute atomic E-state index is 10.4. The summed E-state index contributed by atoms with van der Waals surface area (Å²) in [6.45, 7) is 0.124. The lowest BCUT2D eigenvalue weighted by atomic mass is 10.1. The topological polar surface area (TPSA) is 122 Å². The third kappa shape index (κ3) is 5.64. The number of imide groups is 1. The summed E-state index contributed by atoms with van der Waals surface area (Å²) in [5.74, 6) is -1.22. The molecule has 1 heterocycles. The molecule has 2 rings (SSSR count). The Bertz CT molecular complexity index is 447. The van der Waals surface area contributed by atoms with Crippen molar-refractivity contribution < 1.29 is 19.5 Å². The van der Waals surface area contributed by atoms with Crippen LogP contribution < -0.4 is 16.4 Å². The van der Waals surface area contributed by atoms with Crippen molar-refractivity contribution in [3.8, 4) is 0 Å². The van der Waals surface area contributed by atoms with E-state index in [0.29, 0.717) is 6.42 Å². The van der Waals surface area contributed by atoms with Crippen molar-refractivity contribution >= 4 is 17.9 Å². The Morgan fingerprint density at radius 1 is 1.32 bits per heavy atom. The summed E-state index contributed by atoms with van der Waals surface area (Å²) in [6, 6.07) is 8.15. The highest BCUT2D eigenvalue weighted by Crippen LogP contribution is 2.01. The number of nitrogens with two attached hydrogens (primary N) is 1. The van der Waals surface area contributed by atoms with E-state index in [1.165, 1.54) is 0 Å². The molecular weight excluding hydrogens is 250 g/mol. The molecule has 0 aromatic heterocycles. The van der Waals surface area contributed by atoms with Crippen LogP contribution in [0.25, 0.3) is 0 Å². The molecule has 19 heavy (non-hydrogen) atoms. The second-order valence-electron chi connectivity index (χ2n) is 3.87. The SMILES string of the molecule is N[C@@H](Cc1ccccc1)C(=O)O.O=C1CNC(=O)N1. The number of hydrogen-bond donors (Lipinski definition) is 4. The van der Waals surface area contributed by atoms with Gasteiger partial charge in [0.05, 0.1) is 6.54 Å². The second-order valence-corrected chi connectivity index (χ2v) is 3.87. The van der Waals surface area contributed by atoms with Gasteiger partial charge in [-0.05, 0) is 12.0 Å². The van der Waals surface area contributed by atoms with Crippen molar-refractivity contribution in [1.82, 2.24) is 10.6 Å². The van der Waals surface area contributed by atoms with Crippen molar-refractivity contribution in [2.24, 2.45) is 5.73 Å². The summed E-state index contributed by atoms with van der Waals surface area (Å²) in [4.78, 5) is 30.4. The van der Waals surface area contributed by atoms with Crippen molar-refractivity contribution in [1.29, 1.82) is 0 Å². The zero-order valence-corrected chi connectivity index (χ0v) is 10.1. The Balaban J connectivity index is 0.000000218. The molecule has 1 aliphatic rings. The van der Waals surface area contributed by atoms with Gasteiger partial charge < -0.3 is 16.2 Å². The molecule has 0 radical (unpaired) electrons. The van der Waals surface area contributed by atoms with Crippen LogP contribution in [0.4, 0.5) is 4.79 Å². The molecule has 0 unspecified atom stereocenters. The Labute approximate surface area is 109 Å². The monoisotopic (exact) mass is 265 g/mol. The largest absolute Gasteiger partial charge is 0.480 e. The third-order valence-electron chi connectivity index (χ3n) is 2.28. The minimum atomic E-state index is -0.959. The highest BCUT2D eigenvalue weighted by molar-refractivity contribution is 6.01. The van der Waals surface area contributed by atoms with Crippen molar-refractivity contribution in [2.45, 2.75) is 12.5 Å². The minimum absolute atomic E-state index is 0.124.